The smallest absolute Gasteiger partial charge is 0.311 e. The van der Waals surface area contributed by atoms with E-state index < -0.39 is 5.97 Å². The van der Waals surface area contributed by atoms with Crippen LogP contribution in [-0.4, -0.2) is 21.9 Å². The highest BCUT2D eigenvalue weighted by Gasteiger charge is 2.15. The SMILES string of the molecule is Cc1noc(COc2ccc(OC(=O)CCC(=O)c3ccc4c(c3)CCCC4)cc2)n1. The first-order valence-electron chi connectivity index (χ1n) is 10.4. The summed E-state index contributed by atoms with van der Waals surface area (Å²) in [7, 11) is 0. The molecule has 0 fully saturated rings. The lowest BCUT2D eigenvalue weighted by molar-refractivity contribution is -0.134. The van der Waals surface area contributed by atoms with Gasteiger partial charge in [0.05, 0.1) is 6.42 Å². The molecule has 0 spiro atoms. The number of rotatable bonds is 8. The Morgan fingerprint density at radius 3 is 2.45 bits per heavy atom. The zero-order chi connectivity index (χ0) is 21.6. The van der Waals surface area contributed by atoms with Crippen LogP contribution in [0.15, 0.2) is 47.0 Å². The first kappa shape index (κ1) is 20.8. The Kier molecular flexibility index (Phi) is 6.40. The summed E-state index contributed by atoms with van der Waals surface area (Å²) in [4.78, 5) is 28.7. The van der Waals surface area contributed by atoms with Gasteiger partial charge in [0.15, 0.2) is 18.2 Å². The summed E-state index contributed by atoms with van der Waals surface area (Å²) in [5, 5.41) is 3.70. The lowest BCUT2D eigenvalue weighted by Gasteiger charge is -2.16. The molecular formula is C24H24N2O5. The standard InChI is InChI=1S/C24H24N2O5/c1-16-25-23(31-26-16)15-29-20-8-10-21(11-9-20)30-24(28)13-12-22(27)19-7-6-17-4-2-3-5-18(17)14-19/h6-11,14H,2-5,12-13,15H2,1H3. The van der Waals surface area contributed by atoms with Crippen molar-refractivity contribution in [3.63, 3.8) is 0 Å². The van der Waals surface area contributed by atoms with E-state index in [1.807, 2.05) is 18.2 Å². The molecule has 0 unspecified atom stereocenters. The number of carbonyl (C=O) groups excluding carboxylic acids is 2. The minimum atomic E-state index is -0.443. The number of carbonyl (C=O) groups is 2. The number of fused-ring (bicyclic) bond motifs is 1. The molecule has 1 aromatic heterocycles. The van der Waals surface area contributed by atoms with Crippen LogP contribution in [0.2, 0.25) is 0 Å². The lowest BCUT2D eigenvalue weighted by atomic mass is 9.89. The number of aryl methyl sites for hydroxylation is 3. The number of ketones is 1. The second-order valence-electron chi connectivity index (χ2n) is 7.58. The third-order valence-electron chi connectivity index (χ3n) is 5.21. The molecule has 7 nitrogen and oxygen atoms in total. The van der Waals surface area contributed by atoms with Gasteiger partial charge in [-0.1, -0.05) is 17.3 Å². The van der Waals surface area contributed by atoms with Crippen LogP contribution >= 0.6 is 0 Å². The van der Waals surface area contributed by atoms with Crippen LogP contribution in [0, 0.1) is 6.92 Å². The highest BCUT2D eigenvalue weighted by molar-refractivity contribution is 5.97. The van der Waals surface area contributed by atoms with Gasteiger partial charge in [0.1, 0.15) is 11.5 Å². The van der Waals surface area contributed by atoms with Gasteiger partial charge in [-0.15, -0.1) is 0 Å². The molecule has 0 saturated carbocycles. The van der Waals surface area contributed by atoms with E-state index in [0.717, 1.165) is 19.3 Å². The van der Waals surface area contributed by atoms with Crippen LogP contribution in [0.4, 0.5) is 0 Å². The molecular weight excluding hydrogens is 396 g/mol. The summed E-state index contributed by atoms with van der Waals surface area (Å²) in [6.07, 6.45) is 4.63. The fourth-order valence-electron chi connectivity index (χ4n) is 3.60. The Morgan fingerprint density at radius 1 is 0.968 bits per heavy atom. The summed E-state index contributed by atoms with van der Waals surface area (Å²) in [6, 6.07) is 12.5. The van der Waals surface area contributed by atoms with Crippen LogP contribution in [0.1, 0.15) is 58.9 Å². The number of hydrogen-bond acceptors (Lipinski definition) is 7. The predicted molar refractivity (Wildman–Crippen MR) is 112 cm³/mol. The van der Waals surface area contributed by atoms with Gasteiger partial charge < -0.3 is 14.0 Å². The number of nitrogens with zero attached hydrogens (tertiary/aromatic N) is 2. The Balaban J connectivity index is 1.24. The average molecular weight is 420 g/mol. The quantitative estimate of drug-likeness (QED) is 0.303. The molecule has 0 radical (unpaired) electrons. The van der Waals surface area contributed by atoms with Crippen molar-refractivity contribution in [3.05, 3.63) is 70.9 Å². The summed E-state index contributed by atoms with van der Waals surface area (Å²) >= 11 is 0. The molecule has 2 aromatic carbocycles. The molecule has 1 heterocycles. The molecule has 160 valence electrons. The van der Waals surface area contributed by atoms with Gasteiger partial charge in [-0.05, 0) is 74.1 Å². The average Bonchev–Trinajstić information content (AvgIpc) is 3.21. The number of ether oxygens (including phenoxy) is 2. The normalized spacial score (nSPS) is 12.8. The van der Waals surface area contributed by atoms with Gasteiger partial charge in [-0.2, -0.15) is 4.98 Å². The lowest BCUT2D eigenvalue weighted by Crippen LogP contribution is -2.11. The molecule has 31 heavy (non-hydrogen) atoms. The largest absolute Gasteiger partial charge is 0.484 e. The monoisotopic (exact) mass is 420 g/mol. The molecule has 4 rings (SSSR count). The van der Waals surface area contributed by atoms with Crippen molar-refractivity contribution >= 4 is 11.8 Å². The van der Waals surface area contributed by atoms with E-state index in [1.54, 1.807) is 31.2 Å². The Labute approximate surface area is 180 Å². The topological polar surface area (TPSA) is 91.5 Å². The summed E-state index contributed by atoms with van der Waals surface area (Å²) < 4.78 is 15.9. The number of aromatic nitrogens is 2. The minimum Gasteiger partial charge on any atom is -0.484 e. The van der Waals surface area contributed by atoms with Gasteiger partial charge in [-0.3, -0.25) is 9.59 Å². The maximum atomic E-state index is 12.5. The van der Waals surface area contributed by atoms with Crippen molar-refractivity contribution in [2.45, 2.75) is 52.1 Å². The fraction of sp³-hybridized carbons (Fsp3) is 0.333. The zero-order valence-electron chi connectivity index (χ0n) is 17.4. The van der Waals surface area contributed by atoms with Crippen molar-refractivity contribution < 1.29 is 23.6 Å². The van der Waals surface area contributed by atoms with Crippen LogP contribution in [0.25, 0.3) is 0 Å². The van der Waals surface area contributed by atoms with Crippen molar-refractivity contribution in [1.29, 1.82) is 0 Å². The molecule has 1 aliphatic carbocycles. The van der Waals surface area contributed by atoms with E-state index in [1.165, 1.54) is 17.5 Å². The van der Waals surface area contributed by atoms with E-state index in [4.69, 9.17) is 14.0 Å². The Hall–Kier alpha value is -3.48. The van der Waals surface area contributed by atoms with Crippen molar-refractivity contribution in [2.75, 3.05) is 0 Å². The third-order valence-corrected chi connectivity index (χ3v) is 5.21. The summed E-state index contributed by atoms with van der Waals surface area (Å²) in [5.74, 6) is 1.43. The van der Waals surface area contributed by atoms with Gasteiger partial charge in [-0.25, -0.2) is 0 Å². The third kappa shape index (κ3) is 5.57. The summed E-state index contributed by atoms with van der Waals surface area (Å²) in [5.41, 5.74) is 3.27. The van der Waals surface area contributed by atoms with E-state index in [2.05, 4.69) is 10.1 Å². The van der Waals surface area contributed by atoms with Crippen LogP contribution in [-0.2, 0) is 24.2 Å². The number of esters is 1. The fourth-order valence-corrected chi connectivity index (χ4v) is 3.60. The Morgan fingerprint density at radius 2 is 1.71 bits per heavy atom. The Bertz CT molecular complexity index is 1070. The van der Waals surface area contributed by atoms with Crippen molar-refractivity contribution in [1.82, 2.24) is 10.1 Å². The second-order valence-corrected chi connectivity index (χ2v) is 7.58. The van der Waals surface area contributed by atoms with E-state index in [9.17, 15) is 9.59 Å². The molecule has 1 aliphatic rings. The molecule has 0 atom stereocenters. The molecule has 0 bridgehead atoms. The van der Waals surface area contributed by atoms with Crippen LogP contribution < -0.4 is 9.47 Å². The maximum Gasteiger partial charge on any atom is 0.311 e. The number of Topliss-reactive ketones (excluding diaryl/α,β-unsaturated/α-hetero) is 1. The number of hydrogen-bond donors (Lipinski definition) is 0. The molecule has 3 aromatic rings. The van der Waals surface area contributed by atoms with Gasteiger partial charge in [0.25, 0.3) is 5.89 Å². The van der Waals surface area contributed by atoms with Gasteiger partial charge >= 0.3 is 5.97 Å². The van der Waals surface area contributed by atoms with E-state index >= 15 is 0 Å². The molecule has 0 N–H and O–H groups in total. The predicted octanol–water partition coefficient (Wildman–Crippen LogP) is 4.40. The van der Waals surface area contributed by atoms with Gasteiger partial charge in [0.2, 0.25) is 0 Å². The van der Waals surface area contributed by atoms with Crippen LogP contribution in [0.3, 0.4) is 0 Å². The molecule has 0 aliphatic heterocycles. The zero-order valence-corrected chi connectivity index (χ0v) is 17.4. The van der Waals surface area contributed by atoms with Crippen molar-refractivity contribution in [2.24, 2.45) is 0 Å². The van der Waals surface area contributed by atoms with Crippen LogP contribution in [0.5, 0.6) is 11.5 Å². The maximum absolute atomic E-state index is 12.5. The molecule has 0 amide bonds. The van der Waals surface area contributed by atoms with Crippen molar-refractivity contribution in [3.8, 4) is 11.5 Å². The van der Waals surface area contributed by atoms with E-state index in [0.29, 0.717) is 28.8 Å². The first-order valence-corrected chi connectivity index (χ1v) is 10.4. The number of benzene rings is 2. The highest BCUT2D eigenvalue weighted by atomic mass is 16.5. The second kappa shape index (κ2) is 9.55. The molecule has 7 heteroatoms. The van der Waals surface area contributed by atoms with Gasteiger partial charge in [0, 0.05) is 12.0 Å². The minimum absolute atomic E-state index is 0.0324. The highest BCUT2D eigenvalue weighted by Crippen LogP contribution is 2.23. The van der Waals surface area contributed by atoms with E-state index in [-0.39, 0.29) is 25.2 Å². The first-order chi connectivity index (χ1) is 15.1. The summed E-state index contributed by atoms with van der Waals surface area (Å²) in [6.45, 7) is 1.89. The molecule has 0 saturated heterocycles.